The van der Waals surface area contributed by atoms with E-state index in [2.05, 4.69) is 57.1 Å². The molecule has 0 saturated carbocycles. The van der Waals surface area contributed by atoms with Gasteiger partial charge in [-0.2, -0.15) is 0 Å². The van der Waals surface area contributed by atoms with Crippen LogP contribution in [0.5, 0.6) is 11.5 Å². The van der Waals surface area contributed by atoms with Gasteiger partial charge in [-0.3, -0.25) is 14.6 Å². The molecule has 2 aliphatic rings. The van der Waals surface area contributed by atoms with E-state index in [1.807, 2.05) is 6.07 Å². The number of phenolic OH excluding ortho intramolecular Hbond substituents is 1. The number of carbonyl (C=O) groups is 1. The minimum Gasteiger partial charge on any atom is -0.504 e. The molecule has 3 aromatic rings. The van der Waals surface area contributed by atoms with Gasteiger partial charge in [-0.05, 0) is 35.4 Å². The zero-order valence-corrected chi connectivity index (χ0v) is 18.3. The van der Waals surface area contributed by atoms with E-state index in [1.165, 1.54) is 18.4 Å². The van der Waals surface area contributed by atoms with Crippen molar-refractivity contribution in [1.82, 2.24) is 14.4 Å². The zero-order valence-electron chi connectivity index (χ0n) is 18.3. The number of benzene rings is 2. The maximum absolute atomic E-state index is 12.8. The number of methoxy groups -OCH3 is 1. The highest BCUT2D eigenvalue weighted by atomic mass is 16.5. The fourth-order valence-corrected chi connectivity index (χ4v) is 4.46. The number of aromatic hydroxyl groups is 1. The first-order chi connectivity index (χ1) is 15.6. The average molecular weight is 433 g/mol. The van der Waals surface area contributed by atoms with Crippen molar-refractivity contribution >= 4 is 11.6 Å². The van der Waals surface area contributed by atoms with Crippen LogP contribution in [0.4, 0.5) is 5.69 Å². The molecule has 32 heavy (non-hydrogen) atoms. The van der Waals surface area contributed by atoms with Gasteiger partial charge >= 0.3 is 0 Å². The van der Waals surface area contributed by atoms with Gasteiger partial charge in [0.15, 0.2) is 11.5 Å². The first-order valence-electron chi connectivity index (χ1n) is 11.0. The minimum atomic E-state index is 0.0960. The third-order valence-electron chi connectivity index (χ3n) is 6.34. The molecule has 0 spiro atoms. The Morgan fingerprint density at radius 3 is 2.53 bits per heavy atom. The summed E-state index contributed by atoms with van der Waals surface area (Å²) >= 11 is 0. The van der Waals surface area contributed by atoms with E-state index in [0.717, 1.165) is 44.0 Å². The standard InChI is InChI=1S/C25H28N4O3/c1-32-24-14-22-20(13-23(24)30)17-29(22)25(31)18-27-11-9-26(10-12-27)15-19-7-8-28(16-19)21-5-3-2-4-6-21/h2-8,13-14,16,30H,9-12,15,17-18H2,1H3. The lowest BCUT2D eigenvalue weighted by atomic mass is 10.0. The molecule has 0 radical (unpaired) electrons. The average Bonchev–Trinajstić information content (AvgIpc) is 3.26. The maximum Gasteiger partial charge on any atom is 0.241 e. The highest BCUT2D eigenvalue weighted by molar-refractivity contribution is 5.99. The van der Waals surface area contributed by atoms with Crippen LogP contribution in [0.15, 0.2) is 60.9 Å². The molecule has 7 nitrogen and oxygen atoms in total. The second-order valence-electron chi connectivity index (χ2n) is 8.45. The smallest absolute Gasteiger partial charge is 0.241 e. The predicted octanol–water partition coefficient (Wildman–Crippen LogP) is 2.86. The molecule has 1 aromatic heterocycles. The summed E-state index contributed by atoms with van der Waals surface area (Å²) < 4.78 is 7.33. The SMILES string of the molecule is COc1cc2c(cc1O)CN2C(=O)CN1CCN(Cc2ccn(-c3ccccc3)c2)CC1. The van der Waals surface area contributed by atoms with E-state index in [9.17, 15) is 9.90 Å². The number of hydrogen-bond donors (Lipinski definition) is 1. The number of hydrogen-bond acceptors (Lipinski definition) is 5. The molecule has 1 N–H and O–H groups in total. The molecule has 0 bridgehead atoms. The summed E-state index contributed by atoms with van der Waals surface area (Å²) in [5.41, 5.74) is 4.28. The lowest BCUT2D eigenvalue weighted by molar-refractivity contribution is -0.120. The van der Waals surface area contributed by atoms with Crippen LogP contribution in [-0.2, 0) is 17.9 Å². The van der Waals surface area contributed by atoms with Gasteiger partial charge in [0, 0.05) is 56.9 Å². The van der Waals surface area contributed by atoms with Crippen LogP contribution >= 0.6 is 0 Å². The summed E-state index contributed by atoms with van der Waals surface area (Å²) in [6, 6.07) is 15.9. The predicted molar refractivity (Wildman–Crippen MR) is 123 cm³/mol. The Bertz CT molecular complexity index is 1100. The van der Waals surface area contributed by atoms with Gasteiger partial charge in [-0.15, -0.1) is 0 Å². The highest BCUT2D eigenvalue weighted by Crippen LogP contribution is 2.41. The van der Waals surface area contributed by atoms with Crippen LogP contribution in [0.1, 0.15) is 11.1 Å². The number of carbonyl (C=O) groups excluding carboxylic acids is 1. The van der Waals surface area contributed by atoms with Crippen molar-refractivity contribution in [3.05, 3.63) is 72.1 Å². The Hall–Kier alpha value is -3.29. The van der Waals surface area contributed by atoms with E-state index >= 15 is 0 Å². The molecular weight excluding hydrogens is 404 g/mol. The van der Waals surface area contributed by atoms with Crippen LogP contribution in [0.25, 0.3) is 5.69 Å². The molecule has 0 atom stereocenters. The number of ether oxygens (including phenoxy) is 1. The Labute approximate surface area is 188 Å². The molecule has 1 saturated heterocycles. The number of aromatic nitrogens is 1. The molecule has 2 aromatic carbocycles. The Balaban J connectivity index is 1.12. The van der Waals surface area contributed by atoms with E-state index in [1.54, 1.807) is 17.0 Å². The first-order valence-corrected chi connectivity index (χ1v) is 11.0. The Morgan fingerprint density at radius 2 is 1.78 bits per heavy atom. The highest BCUT2D eigenvalue weighted by Gasteiger charge is 2.31. The molecule has 5 rings (SSSR count). The van der Waals surface area contributed by atoms with Crippen LogP contribution in [0.2, 0.25) is 0 Å². The van der Waals surface area contributed by atoms with Crippen LogP contribution < -0.4 is 9.64 Å². The summed E-state index contributed by atoms with van der Waals surface area (Å²) in [7, 11) is 1.52. The lowest BCUT2D eigenvalue weighted by Gasteiger charge is -2.38. The van der Waals surface area contributed by atoms with E-state index in [4.69, 9.17) is 4.74 Å². The maximum atomic E-state index is 12.8. The number of fused-ring (bicyclic) bond motifs is 1. The van der Waals surface area contributed by atoms with Gasteiger partial charge in [0.1, 0.15) is 0 Å². The van der Waals surface area contributed by atoms with Gasteiger partial charge in [0.25, 0.3) is 0 Å². The molecule has 0 aliphatic carbocycles. The molecule has 1 fully saturated rings. The largest absolute Gasteiger partial charge is 0.504 e. The van der Waals surface area contributed by atoms with Gasteiger partial charge in [-0.1, -0.05) is 18.2 Å². The van der Waals surface area contributed by atoms with Crippen molar-refractivity contribution in [2.24, 2.45) is 0 Å². The normalized spacial score (nSPS) is 16.5. The van der Waals surface area contributed by atoms with Crippen LogP contribution in [0, 0.1) is 0 Å². The Kier molecular flexibility index (Phi) is 5.59. The third kappa shape index (κ3) is 4.09. The Morgan fingerprint density at radius 1 is 1.03 bits per heavy atom. The van der Waals surface area contributed by atoms with Gasteiger partial charge < -0.3 is 19.3 Å². The van der Waals surface area contributed by atoms with Crippen molar-refractivity contribution in [2.45, 2.75) is 13.1 Å². The topological polar surface area (TPSA) is 61.2 Å². The van der Waals surface area contributed by atoms with Crippen molar-refractivity contribution < 1.29 is 14.6 Å². The fraction of sp³-hybridized carbons (Fsp3) is 0.320. The van der Waals surface area contributed by atoms with Gasteiger partial charge in [0.05, 0.1) is 25.9 Å². The van der Waals surface area contributed by atoms with Gasteiger partial charge in [-0.25, -0.2) is 0 Å². The van der Waals surface area contributed by atoms with Crippen molar-refractivity contribution in [3.63, 3.8) is 0 Å². The van der Waals surface area contributed by atoms with Crippen molar-refractivity contribution in [3.8, 4) is 17.2 Å². The second-order valence-corrected chi connectivity index (χ2v) is 8.45. The van der Waals surface area contributed by atoms with E-state index in [-0.39, 0.29) is 11.7 Å². The number of para-hydroxylation sites is 1. The number of phenols is 1. The monoisotopic (exact) mass is 432 g/mol. The number of amides is 1. The second kappa shape index (κ2) is 8.68. The first kappa shape index (κ1) is 20.6. The molecule has 0 unspecified atom stereocenters. The molecule has 1 amide bonds. The van der Waals surface area contributed by atoms with E-state index < -0.39 is 0 Å². The molecule has 2 aliphatic heterocycles. The number of rotatable bonds is 6. The number of nitrogens with zero attached hydrogens (tertiary/aromatic N) is 4. The van der Waals surface area contributed by atoms with Crippen molar-refractivity contribution in [1.29, 1.82) is 0 Å². The minimum absolute atomic E-state index is 0.0960. The lowest BCUT2D eigenvalue weighted by Crippen LogP contribution is -2.51. The molecule has 3 heterocycles. The number of anilines is 1. The van der Waals surface area contributed by atoms with Crippen molar-refractivity contribution in [2.75, 3.05) is 44.7 Å². The molecular formula is C25H28N4O3. The summed E-state index contributed by atoms with van der Waals surface area (Å²) in [6.45, 7) is 5.54. The summed E-state index contributed by atoms with van der Waals surface area (Å²) in [6.07, 6.45) is 4.30. The van der Waals surface area contributed by atoms with Crippen LogP contribution in [0.3, 0.4) is 0 Å². The van der Waals surface area contributed by atoms with Gasteiger partial charge in [0.2, 0.25) is 5.91 Å². The van der Waals surface area contributed by atoms with Crippen LogP contribution in [-0.4, -0.2) is 65.2 Å². The third-order valence-corrected chi connectivity index (χ3v) is 6.34. The fourth-order valence-electron chi connectivity index (χ4n) is 4.46. The molecule has 166 valence electrons. The summed E-state index contributed by atoms with van der Waals surface area (Å²) in [4.78, 5) is 19.3. The summed E-state index contributed by atoms with van der Waals surface area (Å²) in [5, 5.41) is 9.88. The van der Waals surface area contributed by atoms with E-state index in [0.29, 0.717) is 18.8 Å². The number of piperazine rings is 1. The summed E-state index contributed by atoms with van der Waals surface area (Å²) in [5.74, 6) is 0.614. The molecule has 7 heteroatoms. The quantitative estimate of drug-likeness (QED) is 0.649. The zero-order chi connectivity index (χ0) is 22.1.